The van der Waals surface area contributed by atoms with Gasteiger partial charge in [-0.05, 0) is 42.2 Å². The first-order chi connectivity index (χ1) is 20.8. The van der Waals surface area contributed by atoms with Crippen LogP contribution in [0.3, 0.4) is 0 Å². The van der Waals surface area contributed by atoms with Crippen LogP contribution in [0.5, 0.6) is 5.75 Å². The molecule has 4 rings (SSSR count). The lowest BCUT2D eigenvalue weighted by Gasteiger charge is -2.26. The molecule has 1 aliphatic heterocycles. The zero-order valence-corrected chi connectivity index (χ0v) is 24.6. The number of aromatic nitrogens is 1. The van der Waals surface area contributed by atoms with Crippen LogP contribution in [0.1, 0.15) is 48.3 Å². The van der Waals surface area contributed by atoms with Crippen LogP contribution in [0.2, 0.25) is 0 Å². The SMILES string of the molecule is CC(C)[C@H]1COc2ccccc2C(=O)N[C@H](C(=O)NCCc2ccccn2)CCC(=O)N(Cc2ccccc2)CC(=O)N1. The van der Waals surface area contributed by atoms with E-state index in [4.69, 9.17) is 4.74 Å². The third-order valence-corrected chi connectivity index (χ3v) is 7.28. The van der Waals surface area contributed by atoms with E-state index in [2.05, 4.69) is 20.9 Å². The van der Waals surface area contributed by atoms with Gasteiger partial charge in [0.1, 0.15) is 18.4 Å². The monoisotopic (exact) mass is 585 g/mol. The van der Waals surface area contributed by atoms with Crippen LogP contribution in [0, 0.1) is 5.92 Å². The highest BCUT2D eigenvalue weighted by molar-refractivity contribution is 5.99. The molecule has 10 heteroatoms. The molecule has 2 atom stereocenters. The van der Waals surface area contributed by atoms with Gasteiger partial charge in [0.25, 0.3) is 5.91 Å². The molecule has 0 fully saturated rings. The first-order valence-corrected chi connectivity index (χ1v) is 14.6. The predicted octanol–water partition coefficient (Wildman–Crippen LogP) is 2.88. The number of hydrogen-bond acceptors (Lipinski definition) is 6. The number of pyridine rings is 1. The number of carbonyl (C=O) groups is 4. The molecule has 0 unspecified atom stereocenters. The number of amides is 4. The minimum atomic E-state index is -0.991. The first kappa shape index (κ1) is 31.2. The summed E-state index contributed by atoms with van der Waals surface area (Å²) in [6.07, 6.45) is 2.20. The van der Waals surface area contributed by atoms with Crippen LogP contribution in [-0.4, -0.2) is 65.3 Å². The molecule has 0 saturated heterocycles. The summed E-state index contributed by atoms with van der Waals surface area (Å²) in [5.74, 6) is -1.15. The summed E-state index contributed by atoms with van der Waals surface area (Å²) in [5, 5.41) is 8.69. The van der Waals surface area contributed by atoms with Crippen molar-refractivity contribution in [1.29, 1.82) is 0 Å². The molecule has 226 valence electrons. The van der Waals surface area contributed by atoms with Crippen LogP contribution in [0.25, 0.3) is 0 Å². The maximum Gasteiger partial charge on any atom is 0.255 e. The van der Waals surface area contributed by atoms with Crippen molar-refractivity contribution in [2.24, 2.45) is 5.92 Å². The number of carbonyl (C=O) groups excluding carboxylic acids is 4. The van der Waals surface area contributed by atoms with Gasteiger partial charge in [-0.25, -0.2) is 0 Å². The van der Waals surface area contributed by atoms with Crippen LogP contribution in [0.4, 0.5) is 0 Å². The third kappa shape index (κ3) is 9.39. The van der Waals surface area contributed by atoms with Crippen LogP contribution in [0.15, 0.2) is 79.0 Å². The lowest BCUT2D eigenvalue weighted by atomic mass is 10.1. The fourth-order valence-electron chi connectivity index (χ4n) is 4.74. The Hall–Kier alpha value is -4.73. The van der Waals surface area contributed by atoms with Gasteiger partial charge in [0.15, 0.2) is 0 Å². The van der Waals surface area contributed by atoms with Gasteiger partial charge in [0.2, 0.25) is 17.7 Å². The molecular weight excluding hydrogens is 546 g/mol. The van der Waals surface area contributed by atoms with Gasteiger partial charge in [0, 0.05) is 37.8 Å². The van der Waals surface area contributed by atoms with Gasteiger partial charge in [0.05, 0.1) is 18.2 Å². The average Bonchev–Trinajstić information content (AvgIpc) is 3.01. The van der Waals surface area contributed by atoms with E-state index in [1.165, 1.54) is 4.90 Å². The molecule has 1 aliphatic rings. The van der Waals surface area contributed by atoms with E-state index < -0.39 is 17.9 Å². The molecule has 4 amide bonds. The number of para-hydroxylation sites is 1. The maximum absolute atomic E-state index is 13.5. The number of nitrogens with zero attached hydrogens (tertiary/aromatic N) is 2. The van der Waals surface area contributed by atoms with Gasteiger partial charge >= 0.3 is 0 Å². The highest BCUT2D eigenvalue weighted by Crippen LogP contribution is 2.20. The van der Waals surface area contributed by atoms with E-state index in [0.29, 0.717) is 18.7 Å². The molecule has 10 nitrogen and oxygen atoms in total. The van der Waals surface area contributed by atoms with Gasteiger partial charge in [-0.3, -0.25) is 24.2 Å². The number of nitrogens with one attached hydrogen (secondary N) is 3. The van der Waals surface area contributed by atoms with Crippen molar-refractivity contribution in [3.8, 4) is 5.75 Å². The predicted molar refractivity (Wildman–Crippen MR) is 162 cm³/mol. The van der Waals surface area contributed by atoms with Gasteiger partial charge in [-0.15, -0.1) is 0 Å². The van der Waals surface area contributed by atoms with Crippen LogP contribution < -0.4 is 20.7 Å². The van der Waals surface area contributed by atoms with Crippen molar-refractivity contribution in [3.63, 3.8) is 0 Å². The van der Waals surface area contributed by atoms with Crippen molar-refractivity contribution < 1.29 is 23.9 Å². The van der Waals surface area contributed by atoms with E-state index in [9.17, 15) is 19.2 Å². The molecule has 0 aliphatic carbocycles. The van der Waals surface area contributed by atoms with E-state index in [-0.39, 0.29) is 61.9 Å². The van der Waals surface area contributed by atoms with Crippen LogP contribution in [-0.2, 0) is 27.3 Å². The van der Waals surface area contributed by atoms with Gasteiger partial charge in [-0.2, -0.15) is 0 Å². The quantitative estimate of drug-likeness (QED) is 0.391. The van der Waals surface area contributed by atoms with Gasteiger partial charge in [-0.1, -0.05) is 62.4 Å². The Kier molecular flexibility index (Phi) is 11.2. The van der Waals surface area contributed by atoms with E-state index >= 15 is 0 Å². The second kappa shape index (κ2) is 15.5. The van der Waals surface area contributed by atoms with E-state index in [1.54, 1.807) is 30.5 Å². The Morgan fingerprint density at radius 2 is 1.74 bits per heavy atom. The van der Waals surface area contributed by atoms with E-state index in [0.717, 1.165) is 11.3 Å². The largest absolute Gasteiger partial charge is 0.491 e. The number of fused-ring (bicyclic) bond motifs is 1. The van der Waals surface area contributed by atoms with Crippen molar-refractivity contribution in [3.05, 3.63) is 95.8 Å². The van der Waals surface area contributed by atoms with Gasteiger partial charge < -0.3 is 25.6 Å². The maximum atomic E-state index is 13.5. The minimum Gasteiger partial charge on any atom is -0.491 e. The Bertz CT molecular complexity index is 1380. The summed E-state index contributed by atoms with van der Waals surface area (Å²) in [6, 6.07) is 20.4. The molecule has 43 heavy (non-hydrogen) atoms. The molecule has 2 aromatic carbocycles. The molecule has 0 bridgehead atoms. The lowest BCUT2D eigenvalue weighted by molar-refractivity contribution is -0.137. The Labute approximate surface area is 252 Å². The number of benzene rings is 2. The van der Waals surface area contributed by atoms with Crippen molar-refractivity contribution in [2.75, 3.05) is 19.7 Å². The zero-order valence-electron chi connectivity index (χ0n) is 24.6. The lowest BCUT2D eigenvalue weighted by Crippen LogP contribution is -2.48. The molecule has 3 aromatic rings. The second-order valence-electron chi connectivity index (χ2n) is 10.9. The summed E-state index contributed by atoms with van der Waals surface area (Å²) < 4.78 is 6.05. The Balaban J connectivity index is 1.58. The highest BCUT2D eigenvalue weighted by atomic mass is 16.5. The number of ether oxygens (including phenoxy) is 1. The fourth-order valence-corrected chi connectivity index (χ4v) is 4.74. The smallest absolute Gasteiger partial charge is 0.255 e. The van der Waals surface area contributed by atoms with Crippen molar-refractivity contribution in [1.82, 2.24) is 25.8 Å². The summed E-state index contributed by atoms with van der Waals surface area (Å²) >= 11 is 0. The standard InChI is InChI=1S/C33H39N5O5/c1-23(2)28-22-43-29-14-7-6-13-26(29)32(41)37-27(33(42)35-19-17-25-12-8-9-18-34-25)15-16-31(40)38(21-30(39)36-28)20-24-10-4-3-5-11-24/h3-14,18,23,27-28H,15-17,19-22H2,1-2H3,(H,35,42)(H,36,39)(H,37,41)/t27-,28+/m0/s1. The second-order valence-corrected chi connectivity index (χ2v) is 10.9. The Morgan fingerprint density at radius 3 is 2.49 bits per heavy atom. The summed E-state index contributed by atoms with van der Waals surface area (Å²) in [4.78, 5) is 59.3. The molecule has 1 aromatic heterocycles. The van der Waals surface area contributed by atoms with Crippen molar-refractivity contribution >= 4 is 23.6 Å². The summed E-state index contributed by atoms with van der Waals surface area (Å²) in [7, 11) is 0. The molecule has 2 heterocycles. The molecule has 0 saturated carbocycles. The fraction of sp³-hybridized carbons (Fsp3) is 0.364. The summed E-state index contributed by atoms with van der Waals surface area (Å²) in [6.45, 7) is 4.44. The van der Waals surface area contributed by atoms with Crippen molar-refractivity contribution in [2.45, 2.75) is 51.7 Å². The zero-order chi connectivity index (χ0) is 30.6. The molecule has 0 radical (unpaired) electrons. The third-order valence-electron chi connectivity index (χ3n) is 7.28. The summed E-state index contributed by atoms with van der Waals surface area (Å²) in [5.41, 5.74) is 1.96. The number of rotatable bonds is 7. The van der Waals surface area contributed by atoms with Crippen LogP contribution >= 0.6 is 0 Å². The topological polar surface area (TPSA) is 130 Å². The van der Waals surface area contributed by atoms with E-state index in [1.807, 2.05) is 62.4 Å². The Morgan fingerprint density at radius 1 is 1.00 bits per heavy atom. The number of hydrogen-bond donors (Lipinski definition) is 3. The molecule has 0 spiro atoms. The normalized spacial score (nSPS) is 18.4. The average molecular weight is 586 g/mol. The highest BCUT2D eigenvalue weighted by Gasteiger charge is 2.27. The minimum absolute atomic E-state index is 0.0260. The first-order valence-electron chi connectivity index (χ1n) is 14.6. The molecular formula is C33H39N5O5. The molecule has 3 N–H and O–H groups in total.